The minimum absolute atomic E-state index is 0. The highest BCUT2D eigenvalue weighted by Crippen LogP contribution is 2.51. The van der Waals surface area contributed by atoms with E-state index in [4.69, 9.17) is 28.4 Å². The number of nitrogens with zero attached hydrogens (tertiary/aromatic N) is 2. The lowest BCUT2D eigenvalue weighted by molar-refractivity contribution is -0.535. The maximum absolute atomic E-state index is 13.9. The highest BCUT2D eigenvalue weighted by Gasteiger charge is 2.41. The number of carbonyl (C=O) groups excluding carboxylic acids is 1. The topological polar surface area (TPSA) is 217 Å². The third kappa shape index (κ3) is 17.7. The van der Waals surface area contributed by atoms with Crippen LogP contribution in [-0.4, -0.2) is 129 Å². The van der Waals surface area contributed by atoms with Crippen molar-refractivity contribution >= 4 is 153 Å². The lowest BCUT2D eigenvalue weighted by Crippen LogP contribution is -2.63. The highest BCUT2D eigenvalue weighted by atomic mass is 80.9. The number of rotatable bonds is 3. The number of sulfone groups is 1. The molecule has 4 atom stereocenters. The zero-order valence-corrected chi connectivity index (χ0v) is 59.0. The first kappa shape index (κ1) is 70.6. The molecule has 7 aromatic rings. The van der Waals surface area contributed by atoms with E-state index in [1.165, 1.54) is 24.1 Å². The maximum atomic E-state index is 13.9. The zero-order chi connectivity index (χ0) is 61.4. The second-order valence-corrected chi connectivity index (χ2v) is 31.0. The summed E-state index contributed by atoms with van der Waals surface area (Å²) >= 11 is 14.3. The SMILES string of the molecule is Br.BrBr.CC(=O)N(C)C.CC1Nc2cccc3c(C4C([O-])C(c5ccc6c7c(cccc57)NC(C)C(C)N6)C4[O-])ccc(c23)NC1C.O=S(=O)(c1ccccn1)C(Br)(Br)Br.c1ccc2c(c1)OCCOCCOc1ccccc1OCCOCCO2. The van der Waals surface area contributed by atoms with Gasteiger partial charge in [0.2, 0.25) is 17.2 Å². The fourth-order valence-corrected chi connectivity index (χ4v) is 12.0. The number of para-hydroxylation sites is 4. The van der Waals surface area contributed by atoms with Crippen LogP contribution in [0.3, 0.4) is 0 Å². The molecule has 24 heteroatoms. The fraction of sp³-hybridized carbons (Fsp3) is 0.387. The summed E-state index contributed by atoms with van der Waals surface area (Å²) in [5.41, 5.74) is 5.94. The molecule has 1 fully saturated rings. The van der Waals surface area contributed by atoms with Crippen molar-refractivity contribution in [3.05, 3.63) is 145 Å². The third-order valence-electron chi connectivity index (χ3n) is 14.8. The Morgan fingerprint density at radius 2 is 0.849 bits per heavy atom. The number of hydrogen-bond donors (Lipinski definition) is 4. The van der Waals surface area contributed by atoms with Gasteiger partial charge in [0, 0.05) is 113 Å². The molecule has 0 bridgehead atoms. The number of carbonyl (C=O) groups is 1. The first-order valence-electron chi connectivity index (χ1n) is 27.6. The molecule has 1 amide bonds. The number of hydrogen-bond acceptors (Lipinski definition) is 16. The van der Waals surface area contributed by atoms with Gasteiger partial charge in [0.1, 0.15) is 26.4 Å². The van der Waals surface area contributed by atoms with Crippen molar-refractivity contribution in [3.8, 4) is 23.0 Å². The summed E-state index contributed by atoms with van der Waals surface area (Å²) in [6, 6.07) is 41.3. The molecule has 4 aliphatic rings. The number of aromatic nitrogens is 1. The molecule has 466 valence electrons. The Morgan fingerprint density at radius 3 is 1.15 bits per heavy atom. The first-order valence-corrected chi connectivity index (χ1v) is 35.2. The smallest absolute Gasteiger partial charge is 0.240 e. The zero-order valence-electron chi connectivity index (χ0n) is 48.6. The summed E-state index contributed by atoms with van der Waals surface area (Å²) in [5, 5.41) is 46.5. The normalized spacial score (nSPS) is 21.7. The Balaban J connectivity index is 0.000000213. The molecular weight excluding hydrogens is 1520 g/mol. The predicted octanol–water partition coefficient (Wildman–Crippen LogP) is 12.5. The predicted molar refractivity (Wildman–Crippen MR) is 363 cm³/mol. The van der Waals surface area contributed by atoms with E-state index in [1.54, 1.807) is 26.2 Å². The summed E-state index contributed by atoms with van der Waals surface area (Å²) in [5.74, 6) is 1.74. The third-order valence-corrected chi connectivity index (χ3v) is 20.0. The van der Waals surface area contributed by atoms with Crippen LogP contribution in [0.4, 0.5) is 22.7 Å². The van der Waals surface area contributed by atoms with E-state index in [0.717, 1.165) is 55.4 Å². The number of anilines is 4. The molecule has 0 radical (unpaired) electrons. The second kappa shape index (κ2) is 33.4. The van der Waals surface area contributed by atoms with E-state index in [0.29, 0.717) is 75.9 Å². The average molecular weight is 1590 g/mol. The molecule has 6 aromatic carbocycles. The largest absolute Gasteiger partial charge is 0.851 e. The molecule has 3 aliphatic heterocycles. The van der Waals surface area contributed by atoms with Crippen LogP contribution in [0.1, 0.15) is 57.6 Å². The van der Waals surface area contributed by atoms with Gasteiger partial charge in [-0.1, -0.05) is 66.7 Å². The number of alkyl halides is 3. The first-order chi connectivity index (χ1) is 40.8. The summed E-state index contributed by atoms with van der Waals surface area (Å²) in [6.45, 7) is 13.8. The van der Waals surface area contributed by atoms with Gasteiger partial charge in [0.25, 0.3) is 0 Å². The molecule has 0 saturated heterocycles. The number of halogens is 6. The van der Waals surface area contributed by atoms with E-state index < -0.39 is 35.4 Å². The van der Waals surface area contributed by atoms with Crippen LogP contribution in [-0.2, 0) is 24.1 Å². The average Bonchev–Trinajstić information content (AvgIpc) is 0.988. The molecule has 4 N–H and O–H groups in total. The van der Waals surface area contributed by atoms with Crippen LogP contribution in [0.5, 0.6) is 23.0 Å². The van der Waals surface area contributed by atoms with Crippen molar-refractivity contribution in [1.29, 1.82) is 0 Å². The van der Waals surface area contributed by atoms with Gasteiger partial charge in [0.15, 0.2) is 28.0 Å². The van der Waals surface area contributed by atoms with E-state index in [1.807, 2.05) is 72.8 Å². The van der Waals surface area contributed by atoms with Crippen LogP contribution >= 0.6 is 93.0 Å². The van der Waals surface area contributed by atoms with Crippen LogP contribution in [0.15, 0.2) is 139 Å². The van der Waals surface area contributed by atoms with Crippen molar-refractivity contribution in [1.82, 2.24) is 9.88 Å². The summed E-state index contributed by atoms with van der Waals surface area (Å²) in [6.07, 6.45) is -0.576. The van der Waals surface area contributed by atoms with E-state index in [9.17, 15) is 23.4 Å². The van der Waals surface area contributed by atoms with Crippen molar-refractivity contribution in [2.75, 3.05) is 88.2 Å². The number of ether oxygens (including phenoxy) is 6. The van der Waals surface area contributed by atoms with Crippen molar-refractivity contribution < 1.29 is 51.8 Å². The lowest BCUT2D eigenvalue weighted by atomic mass is 9.62. The van der Waals surface area contributed by atoms with Crippen molar-refractivity contribution in [2.45, 2.75) is 89.3 Å². The van der Waals surface area contributed by atoms with Gasteiger partial charge < -0.3 is 64.8 Å². The summed E-state index contributed by atoms with van der Waals surface area (Å²) in [7, 11) is -0.0885. The van der Waals surface area contributed by atoms with Gasteiger partial charge in [0.05, 0.1) is 26.4 Å². The molecule has 86 heavy (non-hydrogen) atoms. The van der Waals surface area contributed by atoms with Gasteiger partial charge in [-0.15, -0.1) is 29.2 Å². The molecule has 4 heterocycles. The minimum Gasteiger partial charge on any atom is -0.851 e. The van der Waals surface area contributed by atoms with Crippen LogP contribution in [0.25, 0.3) is 21.5 Å². The fourth-order valence-electron chi connectivity index (χ4n) is 9.83. The van der Waals surface area contributed by atoms with Crippen LogP contribution in [0.2, 0.25) is 0 Å². The van der Waals surface area contributed by atoms with Crippen molar-refractivity contribution in [3.63, 3.8) is 0 Å². The Kier molecular flexibility index (Phi) is 27.4. The molecule has 1 aliphatic carbocycles. The van der Waals surface area contributed by atoms with Gasteiger partial charge >= 0.3 is 0 Å². The number of pyridine rings is 1. The Labute approximate surface area is 555 Å². The molecule has 1 aromatic heterocycles. The standard InChI is InChI=1S/C32H34N4O2.C20H24O6.C6H4Br3NO2S.C4H9NO.Br2.BrH/c1-15-17(3)35-25-13-11-21(19-7-5-9-23(33-15)27(19)25)29-31(37)30(32(29)38)22-12-14-26-28-20(22)8-6-10-24(28)34-16(2)18(4)36-26;1-2-6-18-17(5-1)23-13-9-21-11-15-25-19-7-3-4-8-20(19)26-16-12-22-10-14-24-18;7-6(8,9)13(11,12)5-3-1-2-4-10-5;1-4(6)5(2)3;1-2;/h5-18,29-36H,1-4H3;1-8H,9-16H2;1-4H;1-3H3;;1H/q-2;;;;;. The monoisotopic (exact) mass is 1580 g/mol. The number of nitrogens with one attached hydrogen (secondary N) is 4. The lowest BCUT2D eigenvalue weighted by Gasteiger charge is -2.62. The number of fused-ring (bicyclic) bond motifs is 2. The van der Waals surface area contributed by atoms with E-state index >= 15 is 0 Å². The highest BCUT2D eigenvalue weighted by molar-refractivity contribution is 9.93. The van der Waals surface area contributed by atoms with Gasteiger partial charge in [-0.25, -0.2) is 13.4 Å². The van der Waals surface area contributed by atoms with Crippen LogP contribution in [0, 0.1) is 0 Å². The van der Waals surface area contributed by atoms with E-state index in [2.05, 4.69) is 166 Å². The second-order valence-electron chi connectivity index (χ2n) is 20.6. The van der Waals surface area contributed by atoms with E-state index in [-0.39, 0.29) is 52.1 Å². The quantitative estimate of drug-likeness (QED) is 0.121. The maximum Gasteiger partial charge on any atom is 0.240 e. The summed E-state index contributed by atoms with van der Waals surface area (Å²) in [4.78, 5) is 15.3. The number of amides is 1. The van der Waals surface area contributed by atoms with Crippen LogP contribution < -0.4 is 50.4 Å². The minimum atomic E-state index is -3.54. The molecule has 1 saturated carbocycles. The Morgan fingerprint density at radius 1 is 0.523 bits per heavy atom. The Hall–Kier alpha value is -4.47. The molecule has 4 unspecified atom stereocenters. The molecule has 17 nitrogen and oxygen atoms in total. The summed E-state index contributed by atoms with van der Waals surface area (Å²) < 4.78 is 56.0. The molecule has 0 spiro atoms. The molecule has 11 rings (SSSR count). The van der Waals surface area contributed by atoms with Gasteiger partial charge in [-0.3, -0.25) is 4.79 Å². The number of benzene rings is 6. The van der Waals surface area contributed by atoms with Crippen molar-refractivity contribution in [2.24, 2.45) is 0 Å². The molecular formula is C62H72Br6N6O11S-2. The Bertz CT molecular complexity index is 3160. The van der Waals surface area contributed by atoms with Gasteiger partial charge in [-0.05, 0) is 170 Å². The van der Waals surface area contributed by atoms with Gasteiger partial charge in [-0.2, -0.15) is 0 Å².